The quantitative estimate of drug-likeness (QED) is 0.704. The number of amides is 1. The molecule has 0 saturated heterocycles. The first-order valence-electron chi connectivity index (χ1n) is 11.1. The molecule has 2 N–H and O–H groups in total. The van der Waals surface area contributed by atoms with Crippen LogP contribution in [0.4, 0.5) is 0 Å². The van der Waals surface area contributed by atoms with E-state index in [4.69, 9.17) is 10.5 Å². The standard InChI is InChI=1S/C10H18N2O.C7H11N3O.3C2H6/c1-6-13-10-8(4)9(7(2)3)12(5)11-10;1-4-5(2)10(3)9-6(4)7(8)11;3*1-2/h7H,6H2,1-5H3;1-3H3,(H2,8,11);3*1-2H3. The molecule has 7 heteroatoms. The van der Waals surface area contributed by atoms with Crippen LogP contribution in [0.5, 0.6) is 5.88 Å². The molecular formula is C23H47N5O2. The van der Waals surface area contributed by atoms with Gasteiger partial charge >= 0.3 is 0 Å². The zero-order valence-electron chi connectivity index (χ0n) is 22.0. The third-order valence-electron chi connectivity index (χ3n) is 3.99. The molecule has 7 nitrogen and oxygen atoms in total. The van der Waals surface area contributed by atoms with E-state index in [2.05, 4.69) is 31.0 Å². The molecule has 2 aromatic rings. The molecule has 0 saturated carbocycles. The molecule has 0 fully saturated rings. The predicted molar refractivity (Wildman–Crippen MR) is 128 cm³/mol. The normalized spacial score (nSPS) is 9.03. The molecule has 30 heavy (non-hydrogen) atoms. The van der Waals surface area contributed by atoms with E-state index >= 15 is 0 Å². The summed E-state index contributed by atoms with van der Waals surface area (Å²) < 4.78 is 8.97. The number of ether oxygens (including phenoxy) is 1. The fourth-order valence-electron chi connectivity index (χ4n) is 2.65. The Kier molecular flexibility index (Phi) is 18.9. The second-order valence-electron chi connectivity index (χ2n) is 6.07. The molecule has 0 aliphatic rings. The Labute approximate surface area is 185 Å². The maximum absolute atomic E-state index is 10.7. The Morgan fingerprint density at radius 3 is 1.63 bits per heavy atom. The molecule has 2 rings (SSSR count). The molecule has 176 valence electrons. The minimum atomic E-state index is -0.466. The Bertz CT molecular complexity index is 716. The van der Waals surface area contributed by atoms with Crippen molar-refractivity contribution in [2.75, 3.05) is 6.61 Å². The lowest BCUT2D eigenvalue weighted by molar-refractivity contribution is 0.0994. The van der Waals surface area contributed by atoms with Crippen molar-refractivity contribution in [2.24, 2.45) is 19.8 Å². The summed E-state index contributed by atoms with van der Waals surface area (Å²) in [5.74, 6) is 0.798. The number of carbonyl (C=O) groups excluding carboxylic acids is 1. The summed E-state index contributed by atoms with van der Waals surface area (Å²) in [6.45, 7) is 24.8. The fraction of sp³-hybridized carbons (Fsp3) is 0.696. The van der Waals surface area contributed by atoms with Gasteiger partial charge in [-0.1, -0.05) is 55.4 Å². The summed E-state index contributed by atoms with van der Waals surface area (Å²) in [4.78, 5) is 10.7. The van der Waals surface area contributed by atoms with E-state index in [-0.39, 0.29) is 0 Å². The number of hydrogen-bond acceptors (Lipinski definition) is 4. The van der Waals surface area contributed by atoms with Gasteiger partial charge in [0.1, 0.15) is 0 Å². The Morgan fingerprint density at radius 2 is 1.40 bits per heavy atom. The van der Waals surface area contributed by atoms with Crippen LogP contribution in [-0.4, -0.2) is 32.1 Å². The van der Waals surface area contributed by atoms with E-state index in [0.29, 0.717) is 18.2 Å². The average molecular weight is 426 g/mol. The van der Waals surface area contributed by atoms with Crippen molar-refractivity contribution >= 4 is 5.91 Å². The van der Waals surface area contributed by atoms with Gasteiger partial charge in [0.15, 0.2) is 5.69 Å². The van der Waals surface area contributed by atoms with Gasteiger partial charge in [0.25, 0.3) is 5.91 Å². The van der Waals surface area contributed by atoms with Crippen LogP contribution in [0.1, 0.15) is 101 Å². The van der Waals surface area contributed by atoms with Gasteiger partial charge in [-0.25, -0.2) is 0 Å². The SMILES string of the molecule is CC.CC.CC.CCOc1nn(C)c(C(C)C)c1C.Cc1c(C(N)=O)nn(C)c1C. The Hall–Kier alpha value is -2.31. The number of aryl methyl sites for hydroxylation is 2. The summed E-state index contributed by atoms with van der Waals surface area (Å²) >= 11 is 0. The molecular weight excluding hydrogens is 378 g/mol. The first kappa shape index (κ1) is 32.4. The van der Waals surface area contributed by atoms with E-state index in [1.165, 1.54) is 11.3 Å². The first-order chi connectivity index (χ1) is 14.1. The summed E-state index contributed by atoms with van der Waals surface area (Å²) in [7, 11) is 3.75. The van der Waals surface area contributed by atoms with Gasteiger partial charge in [-0.15, -0.1) is 5.10 Å². The van der Waals surface area contributed by atoms with Crippen molar-refractivity contribution in [2.45, 2.75) is 89.0 Å². The predicted octanol–water partition coefficient (Wildman–Crippen LogP) is 5.47. The van der Waals surface area contributed by atoms with Crippen LogP contribution >= 0.6 is 0 Å². The number of aromatic nitrogens is 4. The van der Waals surface area contributed by atoms with Crippen molar-refractivity contribution in [1.82, 2.24) is 19.6 Å². The number of primary amides is 1. The summed E-state index contributed by atoms with van der Waals surface area (Å²) in [5.41, 5.74) is 9.70. The highest BCUT2D eigenvalue weighted by atomic mass is 16.5. The minimum Gasteiger partial charge on any atom is -0.477 e. The number of hydrogen-bond donors (Lipinski definition) is 1. The molecule has 2 aromatic heterocycles. The molecule has 0 spiro atoms. The first-order valence-corrected chi connectivity index (χ1v) is 11.1. The molecule has 0 aliphatic heterocycles. The van der Waals surface area contributed by atoms with Crippen LogP contribution < -0.4 is 10.5 Å². The van der Waals surface area contributed by atoms with Crippen LogP contribution in [0, 0.1) is 20.8 Å². The molecule has 0 atom stereocenters. The molecule has 0 aliphatic carbocycles. The molecule has 2 heterocycles. The Morgan fingerprint density at radius 1 is 0.933 bits per heavy atom. The van der Waals surface area contributed by atoms with Gasteiger partial charge in [0.2, 0.25) is 5.88 Å². The monoisotopic (exact) mass is 425 g/mol. The van der Waals surface area contributed by atoms with Crippen molar-refractivity contribution in [3.05, 3.63) is 28.2 Å². The summed E-state index contributed by atoms with van der Waals surface area (Å²) in [6.07, 6.45) is 0. The third-order valence-corrected chi connectivity index (χ3v) is 3.99. The lowest BCUT2D eigenvalue weighted by Gasteiger charge is -2.05. The van der Waals surface area contributed by atoms with Crippen molar-refractivity contribution < 1.29 is 9.53 Å². The number of nitrogens with zero attached hydrogens (tertiary/aromatic N) is 4. The van der Waals surface area contributed by atoms with E-state index in [1.54, 1.807) is 11.7 Å². The van der Waals surface area contributed by atoms with E-state index < -0.39 is 5.91 Å². The molecule has 1 amide bonds. The van der Waals surface area contributed by atoms with Gasteiger partial charge in [0, 0.05) is 36.6 Å². The van der Waals surface area contributed by atoms with Gasteiger partial charge < -0.3 is 10.5 Å². The van der Waals surface area contributed by atoms with Crippen molar-refractivity contribution in [1.29, 1.82) is 0 Å². The minimum absolute atomic E-state index is 0.366. The van der Waals surface area contributed by atoms with Crippen molar-refractivity contribution in [3.63, 3.8) is 0 Å². The number of nitrogens with two attached hydrogens (primary N) is 1. The van der Waals surface area contributed by atoms with Gasteiger partial charge in [-0.2, -0.15) is 5.10 Å². The molecule has 0 aromatic carbocycles. The smallest absolute Gasteiger partial charge is 0.269 e. The number of carbonyl (C=O) groups is 1. The van der Waals surface area contributed by atoms with Crippen molar-refractivity contribution in [3.8, 4) is 5.88 Å². The topological polar surface area (TPSA) is 88.0 Å². The van der Waals surface area contributed by atoms with Crippen LogP contribution in [0.2, 0.25) is 0 Å². The zero-order chi connectivity index (χ0) is 24.6. The van der Waals surface area contributed by atoms with Crippen LogP contribution in [0.15, 0.2) is 0 Å². The van der Waals surface area contributed by atoms with Gasteiger partial charge in [-0.05, 0) is 33.6 Å². The lowest BCUT2D eigenvalue weighted by atomic mass is 10.1. The Balaban J connectivity index is -0.000000392. The summed E-state index contributed by atoms with van der Waals surface area (Å²) in [6, 6.07) is 0. The van der Waals surface area contributed by atoms with E-state index in [0.717, 1.165) is 17.1 Å². The maximum Gasteiger partial charge on any atom is 0.269 e. The highest BCUT2D eigenvalue weighted by Gasteiger charge is 2.15. The van der Waals surface area contributed by atoms with Crippen LogP contribution in [0.25, 0.3) is 0 Å². The fourth-order valence-corrected chi connectivity index (χ4v) is 2.65. The van der Waals surface area contributed by atoms with E-state index in [1.807, 2.05) is 74.0 Å². The highest BCUT2D eigenvalue weighted by molar-refractivity contribution is 5.92. The molecule has 0 radical (unpaired) electrons. The highest BCUT2D eigenvalue weighted by Crippen LogP contribution is 2.25. The van der Waals surface area contributed by atoms with E-state index in [9.17, 15) is 4.79 Å². The van der Waals surface area contributed by atoms with Crippen LogP contribution in [0.3, 0.4) is 0 Å². The lowest BCUT2D eigenvalue weighted by Crippen LogP contribution is -2.13. The largest absolute Gasteiger partial charge is 0.477 e. The van der Waals surface area contributed by atoms with Crippen LogP contribution in [-0.2, 0) is 14.1 Å². The summed E-state index contributed by atoms with van der Waals surface area (Å²) in [5, 5.41) is 8.27. The third kappa shape index (κ3) is 9.46. The number of rotatable bonds is 4. The second-order valence-corrected chi connectivity index (χ2v) is 6.07. The second kappa shape index (κ2) is 17.5. The average Bonchev–Trinajstić information content (AvgIpc) is 3.17. The maximum atomic E-state index is 10.7. The zero-order valence-corrected chi connectivity index (χ0v) is 22.0. The molecule has 0 bridgehead atoms. The van der Waals surface area contributed by atoms with Gasteiger partial charge in [0.05, 0.1) is 6.61 Å². The molecule has 0 unspecified atom stereocenters. The van der Waals surface area contributed by atoms with Gasteiger partial charge in [-0.3, -0.25) is 14.2 Å².